The third-order valence-corrected chi connectivity index (χ3v) is 5.40. The number of methoxy groups -OCH3 is 1. The van der Waals surface area contributed by atoms with Crippen molar-refractivity contribution in [3.63, 3.8) is 0 Å². The lowest BCUT2D eigenvalue weighted by atomic mass is 9.98. The molecule has 0 fully saturated rings. The summed E-state index contributed by atoms with van der Waals surface area (Å²) < 4.78 is 10.7. The highest BCUT2D eigenvalue weighted by atomic mass is 16.6. The SMILES string of the molecule is COc1cc(O)cc2c1C(=O)O[C@H]2CCCCCCCCCC(=O)CC[C@H](C)O. The first-order chi connectivity index (χ1) is 13.9. The van der Waals surface area contributed by atoms with Gasteiger partial charge >= 0.3 is 5.97 Å². The number of carbonyl (C=O) groups excluding carboxylic acids is 2. The number of hydrogen-bond donors (Lipinski definition) is 2. The van der Waals surface area contributed by atoms with E-state index in [1.807, 2.05) is 0 Å². The maximum atomic E-state index is 12.1. The molecular formula is C23H34O6. The van der Waals surface area contributed by atoms with Gasteiger partial charge in [0.2, 0.25) is 0 Å². The number of aliphatic hydroxyl groups excluding tert-OH is 1. The van der Waals surface area contributed by atoms with Gasteiger partial charge < -0.3 is 19.7 Å². The fourth-order valence-electron chi connectivity index (χ4n) is 3.75. The predicted octanol–water partition coefficient (Wildman–Crippen LogP) is 4.85. The first-order valence-corrected chi connectivity index (χ1v) is 10.7. The van der Waals surface area contributed by atoms with E-state index < -0.39 is 6.10 Å². The molecule has 1 aromatic rings. The van der Waals surface area contributed by atoms with Gasteiger partial charge in [-0.1, -0.05) is 32.1 Å². The zero-order valence-electron chi connectivity index (χ0n) is 17.6. The van der Waals surface area contributed by atoms with Crippen LogP contribution in [0.15, 0.2) is 12.1 Å². The molecule has 2 atom stereocenters. The summed E-state index contributed by atoms with van der Waals surface area (Å²) in [5, 5.41) is 19.0. The number of ketones is 1. The van der Waals surface area contributed by atoms with Crippen LogP contribution in [-0.2, 0) is 9.53 Å². The minimum absolute atomic E-state index is 0.0771. The number of phenolic OH excluding ortho intramolecular Hbond substituents is 1. The normalized spacial score (nSPS) is 16.4. The van der Waals surface area contributed by atoms with Crippen molar-refractivity contribution in [2.24, 2.45) is 0 Å². The summed E-state index contributed by atoms with van der Waals surface area (Å²) >= 11 is 0. The van der Waals surface area contributed by atoms with Crippen LogP contribution in [-0.4, -0.2) is 35.2 Å². The molecule has 0 radical (unpaired) electrons. The van der Waals surface area contributed by atoms with Crippen LogP contribution in [0.25, 0.3) is 0 Å². The monoisotopic (exact) mass is 406 g/mol. The van der Waals surface area contributed by atoms with Gasteiger partial charge in [0.05, 0.1) is 13.2 Å². The van der Waals surface area contributed by atoms with E-state index in [1.165, 1.54) is 13.2 Å². The smallest absolute Gasteiger partial charge is 0.342 e. The summed E-state index contributed by atoms with van der Waals surface area (Å²) in [6.07, 6.45) is 9.08. The van der Waals surface area contributed by atoms with Crippen molar-refractivity contribution < 1.29 is 29.3 Å². The average molecular weight is 407 g/mol. The quantitative estimate of drug-likeness (QED) is 0.339. The van der Waals surface area contributed by atoms with Crippen molar-refractivity contribution in [2.45, 2.75) is 89.8 Å². The Morgan fingerprint density at radius 2 is 1.76 bits per heavy atom. The van der Waals surface area contributed by atoms with Gasteiger partial charge in [0.25, 0.3) is 0 Å². The summed E-state index contributed by atoms with van der Waals surface area (Å²) in [5.74, 6) is 0.301. The van der Waals surface area contributed by atoms with Crippen LogP contribution in [0.4, 0.5) is 0 Å². The standard InChI is InChI=1S/C23H34O6/c1-16(24)12-13-17(25)10-8-6-4-3-5-7-9-11-20-19-14-18(26)15-21(28-2)22(19)23(27)29-20/h14-16,20,24,26H,3-13H2,1-2H3/t16-,20-/m0/s1. The molecule has 0 unspecified atom stereocenters. The molecule has 162 valence electrons. The Balaban J connectivity index is 1.58. The van der Waals surface area contributed by atoms with Crippen LogP contribution in [0.3, 0.4) is 0 Å². The van der Waals surface area contributed by atoms with E-state index in [9.17, 15) is 19.8 Å². The van der Waals surface area contributed by atoms with Crippen LogP contribution in [0.5, 0.6) is 11.5 Å². The second kappa shape index (κ2) is 11.8. The van der Waals surface area contributed by atoms with Crippen molar-refractivity contribution >= 4 is 11.8 Å². The third kappa shape index (κ3) is 7.35. The number of rotatable bonds is 14. The molecule has 1 aliphatic heterocycles. The largest absolute Gasteiger partial charge is 0.508 e. The van der Waals surface area contributed by atoms with Crippen molar-refractivity contribution in [3.05, 3.63) is 23.3 Å². The van der Waals surface area contributed by atoms with Gasteiger partial charge in [0, 0.05) is 24.5 Å². The second-order valence-electron chi connectivity index (χ2n) is 7.95. The van der Waals surface area contributed by atoms with Crippen LogP contribution < -0.4 is 4.74 Å². The molecular weight excluding hydrogens is 372 g/mol. The number of unbranched alkanes of at least 4 members (excludes halogenated alkanes) is 6. The predicted molar refractivity (Wildman–Crippen MR) is 110 cm³/mol. The maximum absolute atomic E-state index is 12.1. The van der Waals surface area contributed by atoms with Crippen molar-refractivity contribution in [3.8, 4) is 11.5 Å². The van der Waals surface area contributed by atoms with E-state index in [4.69, 9.17) is 9.47 Å². The molecule has 0 spiro atoms. The maximum Gasteiger partial charge on any atom is 0.342 e. The lowest BCUT2D eigenvalue weighted by Crippen LogP contribution is -2.05. The number of phenols is 1. The van der Waals surface area contributed by atoms with Crippen LogP contribution in [0, 0.1) is 0 Å². The van der Waals surface area contributed by atoms with E-state index >= 15 is 0 Å². The summed E-state index contributed by atoms with van der Waals surface area (Å²) in [6.45, 7) is 1.71. The zero-order valence-corrected chi connectivity index (χ0v) is 17.6. The second-order valence-corrected chi connectivity index (χ2v) is 7.95. The number of carbonyl (C=O) groups is 2. The number of aromatic hydroxyl groups is 1. The van der Waals surface area contributed by atoms with Crippen molar-refractivity contribution in [2.75, 3.05) is 7.11 Å². The van der Waals surface area contributed by atoms with E-state index in [2.05, 4.69) is 0 Å². The Labute approximate surface area is 173 Å². The number of hydrogen-bond acceptors (Lipinski definition) is 6. The molecule has 0 bridgehead atoms. The van der Waals surface area contributed by atoms with Crippen LogP contribution in [0.2, 0.25) is 0 Å². The lowest BCUT2D eigenvalue weighted by Gasteiger charge is -2.11. The van der Waals surface area contributed by atoms with Gasteiger partial charge in [-0.05, 0) is 38.7 Å². The fourth-order valence-corrected chi connectivity index (χ4v) is 3.75. The molecule has 0 aliphatic carbocycles. The summed E-state index contributed by atoms with van der Waals surface area (Å²) in [6, 6.07) is 3.03. The Morgan fingerprint density at radius 3 is 2.41 bits per heavy atom. The molecule has 0 amide bonds. The highest BCUT2D eigenvalue weighted by Gasteiger charge is 2.34. The number of esters is 1. The molecule has 0 aromatic heterocycles. The van der Waals surface area contributed by atoms with E-state index in [1.54, 1.807) is 13.0 Å². The van der Waals surface area contributed by atoms with E-state index in [0.717, 1.165) is 51.4 Å². The first kappa shape index (κ1) is 23.2. The molecule has 29 heavy (non-hydrogen) atoms. The zero-order chi connectivity index (χ0) is 21.2. The number of benzene rings is 1. The molecule has 0 saturated carbocycles. The first-order valence-electron chi connectivity index (χ1n) is 10.7. The summed E-state index contributed by atoms with van der Waals surface area (Å²) in [4.78, 5) is 23.8. The van der Waals surface area contributed by atoms with Crippen LogP contribution >= 0.6 is 0 Å². The van der Waals surface area contributed by atoms with Gasteiger partial charge in [0.15, 0.2) is 0 Å². The van der Waals surface area contributed by atoms with Gasteiger partial charge in [-0.2, -0.15) is 0 Å². The van der Waals surface area contributed by atoms with E-state index in [-0.39, 0.29) is 23.6 Å². The lowest BCUT2D eigenvalue weighted by molar-refractivity contribution is -0.119. The molecule has 6 heteroatoms. The third-order valence-electron chi connectivity index (χ3n) is 5.40. The number of ether oxygens (including phenoxy) is 2. The summed E-state index contributed by atoms with van der Waals surface area (Å²) in [7, 11) is 1.47. The topological polar surface area (TPSA) is 93.1 Å². The van der Waals surface area contributed by atoms with Gasteiger partial charge in [-0.15, -0.1) is 0 Å². The highest BCUT2D eigenvalue weighted by molar-refractivity contribution is 5.97. The number of cyclic esters (lactones) is 1. The van der Waals surface area contributed by atoms with Gasteiger partial charge in [-0.3, -0.25) is 4.79 Å². The van der Waals surface area contributed by atoms with Gasteiger partial charge in [-0.25, -0.2) is 4.79 Å². The molecule has 2 rings (SSSR count). The minimum atomic E-state index is -0.395. The molecule has 2 N–H and O–H groups in total. The summed E-state index contributed by atoms with van der Waals surface area (Å²) in [5.41, 5.74) is 1.14. The Kier molecular flexibility index (Phi) is 9.45. The Hall–Kier alpha value is -2.08. The van der Waals surface area contributed by atoms with Gasteiger partial charge in [0.1, 0.15) is 28.9 Å². The van der Waals surface area contributed by atoms with Crippen LogP contribution in [0.1, 0.15) is 99.6 Å². The van der Waals surface area contributed by atoms with Crippen molar-refractivity contribution in [1.82, 2.24) is 0 Å². The van der Waals surface area contributed by atoms with Crippen molar-refractivity contribution in [1.29, 1.82) is 0 Å². The fraction of sp³-hybridized carbons (Fsp3) is 0.652. The molecule has 1 aliphatic rings. The molecule has 1 heterocycles. The molecule has 0 saturated heterocycles. The molecule has 1 aromatic carbocycles. The number of aliphatic hydroxyl groups is 1. The minimum Gasteiger partial charge on any atom is -0.508 e. The average Bonchev–Trinajstić information content (AvgIpc) is 2.99. The van der Waals surface area contributed by atoms with E-state index in [0.29, 0.717) is 36.1 Å². The number of Topliss-reactive ketones (excluding diaryl/α,β-unsaturated/α-hetero) is 1. The number of fused-ring (bicyclic) bond motifs is 1. The molecule has 6 nitrogen and oxygen atoms in total. The Morgan fingerprint density at radius 1 is 1.10 bits per heavy atom. The Bertz CT molecular complexity index is 682. The highest BCUT2D eigenvalue weighted by Crippen LogP contribution is 2.41.